The van der Waals surface area contributed by atoms with E-state index in [1.165, 1.54) is 22.4 Å². The van der Waals surface area contributed by atoms with E-state index in [9.17, 15) is 4.79 Å². The lowest BCUT2D eigenvalue weighted by molar-refractivity contribution is 0.521. The molecule has 90 valence electrons. The first-order chi connectivity index (χ1) is 8.06. The van der Waals surface area contributed by atoms with E-state index in [1.54, 1.807) is 20.2 Å². The van der Waals surface area contributed by atoms with Gasteiger partial charge in [-0.2, -0.15) is 0 Å². The second-order valence-electron chi connectivity index (χ2n) is 3.72. The van der Waals surface area contributed by atoms with Crippen molar-refractivity contribution in [1.29, 1.82) is 0 Å². The van der Waals surface area contributed by atoms with Crippen molar-refractivity contribution in [2.24, 2.45) is 7.05 Å². The van der Waals surface area contributed by atoms with Gasteiger partial charge in [-0.1, -0.05) is 11.8 Å². The molecular weight excluding hydrogens is 238 g/mol. The summed E-state index contributed by atoms with van der Waals surface area (Å²) in [6, 6.07) is 1.52. The molecule has 0 atom stereocenters. The van der Waals surface area contributed by atoms with E-state index in [0.29, 0.717) is 16.8 Å². The van der Waals surface area contributed by atoms with Crippen molar-refractivity contribution in [1.82, 2.24) is 14.5 Å². The van der Waals surface area contributed by atoms with Crippen molar-refractivity contribution < 1.29 is 4.42 Å². The zero-order valence-electron chi connectivity index (χ0n) is 9.93. The molecule has 0 aliphatic heterocycles. The number of oxazole rings is 1. The Morgan fingerprint density at radius 3 is 2.82 bits per heavy atom. The summed E-state index contributed by atoms with van der Waals surface area (Å²) in [5, 5.41) is 0.690. The van der Waals surface area contributed by atoms with Crippen molar-refractivity contribution in [2.75, 3.05) is 0 Å². The molecule has 17 heavy (non-hydrogen) atoms. The molecule has 6 heteroatoms. The molecular formula is C11H13N3O2S. The van der Waals surface area contributed by atoms with E-state index < -0.39 is 0 Å². The first kappa shape index (κ1) is 11.9. The second kappa shape index (κ2) is 4.75. The van der Waals surface area contributed by atoms with Crippen LogP contribution in [0.15, 0.2) is 26.7 Å². The van der Waals surface area contributed by atoms with Crippen LogP contribution in [0.3, 0.4) is 0 Å². The third-order valence-electron chi connectivity index (χ3n) is 2.24. The van der Waals surface area contributed by atoms with Crippen LogP contribution >= 0.6 is 11.8 Å². The van der Waals surface area contributed by atoms with Gasteiger partial charge in [-0.3, -0.25) is 9.36 Å². The molecule has 0 aliphatic carbocycles. The maximum absolute atomic E-state index is 11.6. The number of nitrogens with zero attached hydrogens (tertiary/aromatic N) is 3. The third kappa shape index (κ3) is 2.76. The highest BCUT2D eigenvalue weighted by Crippen LogP contribution is 2.19. The van der Waals surface area contributed by atoms with Crippen LogP contribution in [-0.4, -0.2) is 14.5 Å². The fourth-order valence-corrected chi connectivity index (χ4v) is 2.27. The van der Waals surface area contributed by atoms with Gasteiger partial charge >= 0.3 is 0 Å². The Morgan fingerprint density at radius 2 is 2.18 bits per heavy atom. The van der Waals surface area contributed by atoms with Gasteiger partial charge in [0.1, 0.15) is 6.26 Å². The maximum atomic E-state index is 11.6. The number of hydrogen-bond donors (Lipinski definition) is 0. The van der Waals surface area contributed by atoms with Gasteiger partial charge in [-0.15, -0.1) is 0 Å². The minimum absolute atomic E-state index is 0.0451. The fraction of sp³-hybridized carbons (Fsp3) is 0.364. The largest absolute Gasteiger partial charge is 0.449 e. The summed E-state index contributed by atoms with van der Waals surface area (Å²) in [6.07, 6.45) is 1.62. The topological polar surface area (TPSA) is 60.9 Å². The Bertz CT molecular complexity index is 589. The average Bonchev–Trinajstić information content (AvgIpc) is 2.67. The third-order valence-corrected chi connectivity index (χ3v) is 3.30. The molecule has 0 unspecified atom stereocenters. The number of aromatic nitrogens is 3. The molecule has 0 saturated carbocycles. The number of thioether (sulfide) groups is 1. The maximum Gasteiger partial charge on any atom is 0.254 e. The lowest BCUT2D eigenvalue weighted by atomic mass is 10.4. The molecule has 2 aromatic rings. The predicted octanol–water partition coefficient (Wildman–Crippen LogP) is 1.68. The summed E-state index contributed by atoms with van der Waals surface area (Å²) in [5.74, 6) is 1.29. The summed E-state index contributed by atoms with van der Waals surface area (Å²) < 4.78 is 6.65. The second-order valence-corrected chi connectivity index (χ2v) is 4.67. The smallest absolute Gasteiger partial charge is 0.254 e. The zero-order valence-corrected chi connectivity index (χ0v) is 10.7. The van der Waals surface area contributed by atoms with Gasteiger partial charge in [-0.25, -0.2) is 9.97 Å². The highest BCUT2D eigenvalue weighted by Gasteiger charge is 2.06. The van der Waals surface area contributed by atoms with E-state index in [1.807, 2.05) is 6.92 Å². The van der Waals surface area contributed by atoms with E-state index in [0.717, 1.165) is 11.4 Å². The van der Waals surface area contributed by atoms with E-state index in [-0.39, 0.29) is 5.56 Å². The van der Waals surface area contributed by atoms with Crippen LogP contribution in [0, 0.1) is 13.8 Å². The first-order valence-corrected chi connectivity index (χ1v) is 6.13. The van der Waals surface area contributed by atoms with E-state index >= 15 is 0 Å². The normalized spacial score (nSPS) is 10.8. The van der Waals surface area contributed by atoms with Gasteiger partial charge in [0.25, 0.3) is 5.56 Å². The molecule has 2 rings (SSSR count). The van der Waals surface area contributed by atoms with Crippen LogP contribution in [0.5, 0.6) is 0 Å². The van der Waals surface area contributed by atoms with Crippen molar-refractivity contribution >= 4 is 11.8 Å². The molecule has 0 amide bonds. The Labute approximate surface area is 103 Å². The van der Waals surface area contributed by atoms with Crippen molar-refractivity contribution in [3.05, 3.63) is 40.0 Å². The van der Waals surface area contributed by atoms with Crippen LogP contribution in [0.1, 0.15) is 17.3 Å². The predicted molar refractivity (Wildman–Crippen MR) is 65.0 cm³/mol. The molecule has 0 aromatic carbocycles. The lowest BCUT2D eigenvalue weighted by Gasteiger charge is -2.05. The van der Waals surface area contributed by atoms with Crippen LogP contribution in [-0.2, 0) is 12.8 Å². The van der Waals surface area contributed by atoms with Gasteiger partial charge in [0, 0.05) is 31.5 Å². The van der Waals surface area contributed by atoms with Crippen LogP contribution in [0.4, 0.5) is 0 Å². The molecule has 0 radical (unpaired) electrons. The van der Waals surface area contributed by atoms with Crippen molar-refractivity contribution in [3.63, 3.8) is 0 Å². The van der Waals surface area contributed by atoms with Crippen molar-refractivity contribution in [3.8, 4) is 0 Å². The van der Waals surface area contributed by atoms with Crippen molar-refractivity contribution in [2.45, 2.75) is 24.8 Å². The minimum atomic E-state index is -0.0451. The summed E-state index contributed by atoms with van der Waals surface area (Å²) >= 11 is 1.47. The van der Waals surface area contributed by atoms with Crippen LogP contribution < -0.4 is 5.56 Å². The van der Waals surface area contributed by atoms with E-state index in [4.69, 9.17) is 4.42 Å². The minimum Gasteiger partial charge on any atom is -0.449 e. The van der Waals surface area contributed by atoms with E-state index in [2.05, 4.69) is 9.97 Å². The number of rotatable bonds is 3. The summed E-state index contributed by atoms with van der Waals surface area (Å²) in [5.41, 5.74) is 1.53. The molecule has 0 fully saturated rings. The molecule has 2 heterocycles. The highest BCUT2D eigenvalue weighted by molar-refractivity contribution is 7.98. The van der Waals surface area contributed by atoms with Gasteiger partial charge in [-0.05, 0) is 6.92 Å². The molecule has 2 aromatic heterocycles. The highest BCUT2D eigenvalue weighted by atomic mass is 32.2. The summed E-state index contributed by atoms with van der Waals surface area (Å²) in [6.45, 7) is 3.61. The standard InChI is InChI=1S/C11H13N3O2S/c1-7-4-10(15)14(3)11(12-7)17-6-9-5-16-8(2)13-9/h4-5H,6H2,1-3H3. The Hall–Kier alpha value is -1.56. The quantitative estimate of drug-likeness (QED) is 0.613. The van der Waals surface area contributed by atoms with Gasteiger partial charge in [0.05, 0.1) is 5.69 Å². The zero-order chi connectivity index (χ0) is 12.4. The molecule has 0 spiro atoms. The summed E-state index contributed by atoms with van der Waals surface area (Å²) in [7, 11) is 1.71. The van der Waals surface area contributed by atoms with Gasteiger partial charge < -0.3 is 4.42 Å². The molecule has 0 N–H and O–H groups in total. The van der Waals surface area contributed by atoms with Crippen LogP contribution in [0.25, 0.3) is 0 Å². The number of hydrogen-bond acceptors (Lipinski definition) is 5. The van der Waals surface area contributed by atoms with Gasteiger partial charge in [0.2, 0.25) is 0 Å². The molecule has 5 nitrogen and oxygen atoms in total. The Kier molecular flexibility index (Phi) is 3.33. The molecule has 0 bridgehead atoms. The summed E-state index contributed by atoms with van der Waals surface area (Å²) in [4.78, 5) is 20.1. The number of aryl methyl sites for hydroxylation is 2. The Balaban J connectivity index is 2.16. The van der Waals surface area contributed by atoms with Crippen LogP contribution in [0.2, 0.25) is 0 Å². The SMILES string of the molecule is Cc1cc(=O)n(C)c(SCc2coc(C)n2)n1. The monoisotopic (exact) mass is 251 g/mol. The lowest BCUT2D eigenvalue weighted by Crippen LogP contribution is -2.19. The average molecular weight is 251 g/mol. The Morgan fingerprint density at radius 1 is 1.41 bits per heavy atom. The van der Waals surface area contributed by atoms with Gasteiger partial charge in [0.15, 0.2) is 11.0 Å². The molecule has 0 aliphatic rings. The first-order valence-electron chi connectivity index (χ1n) is 5.15. The molecule has 0 saturated heterocycles. The fourth-order valence-electron chi connectivity index (χ4n) is 1.37.